The molecule has 1 aliphatic heterocycles. The largest absolute Gasteiger partial charge is 0.381 e. The topological polar surface area (TPSA) is 27.9 Å². The van der Waals surface area contributed by atoms with E-state index >= 15 is 0 Å². The molecule has 2 N–H and O–H groups in total. The summed E-state index contributed by atoms with van der Waals surface area (Å²) in [5.41, 5.74) is 1.21. The van der Waals surface area contributed by atoms with Crippen LogP contribution in [0.3, 0.4) is 0 Å². The minimum Gasteiger partial charge on any atom is -0.381 e. The maximum Gasteiger partial charge on any atom is 0.170 e. The predicted octanol–water partition coefficient (Wildman–Crippen LogP) is 0.285. The molecule has 1 fully saturated rings. The van der Waals surface area contributed by atoms with Gasteiger partial charge in [0, 0.05) is 30.4 Å². The number of aryl methyl sites for hydroxylation is 1. The Morgan fingerprint density at radius 2 is 2.23 bits per heavy atom. The molecule has 0 radical (unpaired) electrons. The van der Waals surface area contributed by atoms with Gasteiger partial charge in [0.25, 0.3) is 0 Å². The molecular formula is C10H16N3+. The van der Waals surface area contributed by atoms with Crippen molar-refractivity contribution in [1.82, 2.24) is 5.32 Å². The SMILES string of the molecule is C[n+]1ccc(N[C@@H]2CCNC2)cc1. The molecule has 3 heteroatoms. The van der Waals surface area contributed by atoms with Crippen LogP contribution in [0.2, 0.25) is 0 Å². The summed E-state index contributed by atoms with van der Waals surface area (Å²) < 4.78 is 2.04. The molecule has 70 valence electrons. The highest BCUT2D eigenvalue weighted by Gasteiger charge is 2.13. The van der Waals surface area contributed by atoms with E-state index < -0.39 is 0 Å². The molecule has 1 atom stereocenters. The van der Waals surface area contributed by atoms with Gasteiger partial charge in [-0.2, -0.15) is 0 Å². The first-order chi connectivity index (χ1) is 6.34. The Kier molecular flexibility index (Phi) is 2.45. The summed E-state index contributed by atoms with van der Waals surface area (Å²) >= 11 is 0. The fourth-order valence-corrected chi connectivity index (χ4v) is 1.61. The first-order valence-electron chi connectivity index (χ1n) is 4.77. The van der Waals surface area contributed by atoms with Gasteiger partial charge in [0.15, 0.2) is 12.4 Å². The number of hydrogen-bond acceptors (Lipinski definition) is 2. The summed E-state index contributed by atoms with van der Waals surface area (Å²) in [6.07, 6.45) is 5.34. The van der Waals surface area contributed by atoms with Gasteiger partial charge in [-0.15, -0.1) is 0 Å². The molecule has 0 unspecified atom stereocenters. The number of nitrogens with one attached hydrogen (secondary N) is 2. The van der Waals surface area contributed by atoms with Crippen molar-refractivity contribution in [2.45, 2.75) is 12.5 Å². The second kappa shape index (κ2) is 3.75. The number of aromatic nitrogens is 1. The Hall–Kier alpha value is -1.09. The molecule has 0 spiro atoms. The zero-order valence-electron chi connectivity index (χ0n) is 7.96. The lowest BCUT2D eigenvalue weighted by atomic mass is 10.2. The van der Waals surface area contributed by atoms with E-state index in [2.05, 4.69) is 35.2 Å². The van der Waals surface area contributed by atoms with Crippen LogP contribution in [0, 0.1) is 0 Å². The average molecular weight is 178 g/mol. The zero-order chi connectivity index (χ0) is 9.10. The van der Waals surface area contributed by atoms with Crippen molar-refractivity contribution < 1.29 is 4.57 Å². The van der Waals surface area contributed by atoms with Crippen molar-refractivity contribution in [3.8, 4) is 0 Å². The molecule has 0 amide bonds. The molecule has 0 aromatic carbocycles. The first-order valence-corrected chi connectivity index (χ1v) is 4.77. The van der Waals surface area contributed by atoms with E-state index in [4.69, 9.17) is 0 Å². The predicted molar refractivity (Wildman–Crippen MR) is 52.5 cm³/mol. The Morgan fingerprint density at radius 1 is 1.46 bits per heavy atom. The third-order valence-electron chi connectivity index (χ3n) is 2.41. The summed E-state index contributed by atoms with van der Waals surface area (Å²) in [4.78, 5) is 0. The average Bonchev–Trinajstić information content (AvgIpc) is 2.62. The zero-order valence-corrected chi connectivity index (χ0v) is 7.96. The molecular weight excluding hydrogens is 162 g/mol. The molecule has 1 aromatic heterocycles. The fourth-order valence-electron chi connectivity index (χ4n) is 1.61. The number of anilines is 1. The number of pyridine rings is 1. The number of rotatable bonds is 2. The van der Waals surface area contributed by atoms with Crippen LogP contribution in [0.5, 0.6) is 0 Å². The van der Waals surface area contributed by atoms with Gasteiger partial charge >= 0.3 is 0 Å². The Labute approximate surface area is 78.8 Å². The highest BCUT2D eigenvalue weighted by Crippen LogP contribution is 2.08. The molecule has 1 aliphatic rings. The minimum atomic E-state index is 0.604. The van der Waals surface area contributed by atoms with Gasteiger partial charge < -0.3 is 10.6 Å². The van der Waals surface area contributed by atoms with E-state index in [1.54, 1.807) is 0 Å². The Bertz CT molecular complexity index is 262. The lowest BCUT2D eigenvalue weighted by Crippen LogP contribution is -2.27. The van der Waals surface area contributed by atoms with Crippen LogP contribution in [0.4, 0.5) is 5.69 Å². The maximum absolute atomic E-state index is 3.49. The van der Waals surface area contributed by atoms with Crippen LogP contribution in [0.1, 0.15) is 6.42 Å². The fraction of sp³-hybridized carbons (Fsp3) is 0.500. The number of nitrogens with zero attached hydrogens (tertiary/aromatic N) is 1. The Balaban J connectivity index is 1.97. The summed E-state index contributed by atoms with van der Waals surface area (Å²) in [5.74, 6) is 0. The van der Waals surface area contributed by atoms with Gasteiger partial charge in [-0.1, -0.05) is 0 Å². The molecule has 13 heavy (non-hydrogen) atoms. The summed E-state index contributed by atoms with van der Waals surface area (Å²) in [7, 11) is 2.03. The molecule has 1 saturated heterocycles. The summed E-state index contributed by atoms with van der Waals surface area (Å²) in [5, 5.41) is 6.83. The quantitative estimate of drug-likeness (QED) is 0.637. The van der Waals surface area contributed by atoms with E-state index in [1.165, 1.54) is 12.1 Å². The van der Waals surface area contributed by atoms with Crippen LogP contribution in [0.25, 0.3) is 0 Å². The second-order valence-corrected chi connectivity index (χ2v) is 3.59. The standard InChI is InChI=1S/C10H15N3/c1-13-6-3-9(4-7-13)12-10-2-5-11-8-10/h3-4,6-7,10-11H,2,5,8H2,1H3/p+1/t10-/m1/s1. The van der Waals surface area contributed by atoms with Crippen LogP contribution in [-0.4, -0.2) is 19.1 Å². The second-order valence-electron chi connectivity index (χ2n) is 3.59. The minimum absolute atomic E-state index is 0.604. The third kappa shape index (κ3) is 2.18. The molecule has 0 aliphatic carbocycles. The van der Waals surface area contributed by atoms with Crippen molar-refractivity contribution in [2.24, 2.45) is 7.05 Å². The van der Waals surface area contributed by atoms with Gasteiger partial charge in [-0.05, 0) is 13.0 Å². The monoisotopic (exact) mass is 178 g/mol. The summed E-state index contributed by atoms with van der Waals surface area (Å²) in [6, 6.07) is 4.82. The highest BCUT2D eigenvalue weighted by atomic mass is 15.0. The van der Waals surface area contributed by atoms with Crippen molar-refractivity contribution in [3.05, 3.63) is 24.5 Å². The molecule has 0 saturated carbocycles. The van der Waals surface area contributed by atoms with Crippen molar-refractivity contribution in [2.75, 3.05) is 18.4 Å². The van der Waals surface area contributed by atoms with Crippen molar-refractivity contribution in [1.29, 1.82) is 0 Å². The van der Waals surface area contributed by atoms with Crippen molar-refractivity contribution in [3.63, 3.8) is 0 Å². The summed E-state index contributed by atoms with van der Waals surface area (Å²) in [6.45, 7) is 2.22. The molecule has 0 bridgehead atoms. The molecule has 1 aromatic rings. The smallest absolute Gasteiger partial charge is 0.170 e. The van der Waals surface area contributed by atoms with Gasteiger partial charge in [-0.3, -0.25) is 0 Å². The first kappa shape index (κ1) is 8.51. The van der Waals surface area contributed by atoms with Gasteiger partial charge in [-0.25, -0.2) is 4.57 Å². The van der Waals surface area contributed by atoms with E-state index in [0.717, 1.165) is 13.1 Å². The lowest BCUT2D eigenvalue weighted by Gasteiger charge is -2.11. The van der Waals surface area contributed by atoms with Gasteiger partial charge in [0.05, 0.1) is 0 Å². The molecule has 2 rings (SSSR count). The van der Waals surface area contributed by atoms with Gasteiger partial charge in [0.1, 0.15) is 7.05 Å². The van der Waals surface area contributed by atoms with Crippen molar-refractivity contribution >= 4 is 5.69 Å². The van der Waals surface area contributed by atoms with Gasteiger partial charge in [0.2, 0.25) is 0 Å². The normalized spacial score (nSPS) is 21.8. The third-order valence-corrected chi connectivity index (χ3v) is 2.41. The van der Waals surface area contributed by atoms with E-state index in [9.17, 15) is 0 Å². The molecule has 3 nitrogen and oxygen atoms in total. The van der Waals surface area contributed by atoms with E-state index in [1.807, 2.05) is 11.6 Å². The van der Waals surface area contributed by atoms with Crippen LogP contribution in [0.15, 0.2) is 24.5 Å². The Morgan fingerprint density at radius 3 is 2.85 bits per heavy atom. The maximum atomic E-state index is 3.49. The van der Waals surface area contributed by atoms with Crippen LogP contribution >= 0.6 is 0 Å². The van der Waals surface area contributed by atoms with E-state index in [-0.39, 0.29) is 0 Å². The molecule has 2 heterocycles. The number of hydrogen-bond donors (Lipinski definition) is 2. The van der Waals surface area contributed by atoms with Crippen LogP contribution < -0.4 is 15.2 Å². The lowest BCUT2D eigenvalue weighted by molar-refractivity contribution is -0.671. The van der Waals surface area contributed by atoms with E-state index in [0.29, 0.717) is 6.04 Å². The highest BCUT2D eigenvalue weighted by molar-refractivity contribution is 5.41. The van der Waals surface area contributed by atoms with Crippen LogP contribution in [-0.2, 0) is 7.05 Å².